The SMILES string of the molecule is Cc1ccc(NC(=O)c2nc(C(C)(C)C)[nH]c2CCC23CC4CC(CC(C4)C2)C3)cc1C(=O)O. The van der Waals surface area contributed by atoms with Crippen molar-refractivity contribution in [1.82, 2.24) is 9.97 Å². The van der Waals surface area contributed by atoms with Crippen molar-refractivity contribution in [2.24, 2.45) is 23.2 Å². The molecule has 34 heavy (non-hydrogen) atoms. The van der Waals surface area contributed by atoms with Crippen LogP contribution in [0.15, 0.2) is 18.2 Å². The van der Waals surface area contributed by atoms with Crippen LogP contribution >= 0.6 is 0 Å². The second-order valence-corrected chi connectivity index (χ2v) is 12.4. The molecule has 4 bridgehead atoms. The molecule has 182 valence electrons. The molecule has 6 nitrogen and oxygen atoms in total. The van der Waals surface area contributed by atoms with Crippen molar-refractivity contribution < 1.29 is 14.7 Å². The normalized spacial score (nSPS) is 27.7. The zero-order valence-corrected chi connectivity index (χ0v) is 20.8. The van der Waals surface area contributed by atoms with Crippen molar-refractivity contribution in [3.63, 3.8) is 0 Å². The Morgan fingerprint density at radius 2 is 1.74 bits per heavy atom. The largest absolute Gasteiger partial charge is 0.478 e. The van der Waals surface area contributed by atoms with E-state index in [1.807, 2.05) is 0 Å². The van der Waals surface area contributed by atoms with Gasteiger partial charge in [-0.2, -0.15) is 0 Å². The number of nitrogens with zero attached hydrogens (tertiary/aromatic N) is 1. The Balaban J connectivity index is 1.38. The summed E-state index contributed by atoms with van der Waals surface area (Å²) in [5, 5.41) is 12.3. The highest BCUT2D eigenvalue weighted by Gasteiger charge is 2.50. The molecular weight excluding hydrogens is 426 g/mol. The molecule has 4 aliphatic carbocycles. The molecule has 4 aliphatic rings. The molecule has 4 saturated carbocycles. The summed E-state index contributed by atoms with van der Waals surface area (Å²) < 4.78 is 0. The van der Waals surface area contributed by atoms with Gasteiger partial charge in [0.1, 0.15) is 11.5 Å². The Morgan fingerprint density at radius 1 is 1.12 bits per heavy atom. The van der Waals surface area contributed by atoms with Crippen molar-refractivity contribution in [1.29, 1.82) is 0 Å². The fourth-order valence-corrected chi connectivity index (χ4v) is 7.24. The monoisotopic (exact) mass is 463 g/mol. The minimum absolute atomic E-state index is 0.192. The van der Waals surface area contributed by atoms with Crippen LogP contribution in [0.3, 0.4) is 0 Å². The summed E-state index contributed by atoms with van der Waals surface area (Å²) in [6.07, 6.45) is 10.3. The number of carboxylic acids is 1. The first-order chi connectivity index (χ1) is 16.0. The standard InChI is InChI=1S/C28H37N3O3/c1-16-5-6-20(12-21(16)25(33)34)29-24(32)23-22(30-26(31-23)27(2,3)4)7-8-28-13-17-9-18(14-28)11-19(10-17)15-28/h5-6,12,17-19H,7-11,13-15H2,1-4H3,(H,29,32)(H,30,31)(H,33,34). The number of rotatable bonds is 6. The topological polar surface area (TPSA) is 95.1 Å². The zero-order chi connectivity index (χ0) is 24.3. The minimum Gasteiger partial charge on any atom is -0.478 e. The molecule has 1 amide bonds. The van der Waals surface area contributed by atoms with Crippen LogP contribution in [-0.2, 0) is 11.8 Å². The van der Waals surface area contributed by atoms with Crippen LogP contribution in [0, 0.1) is 30.1 Å². The fourth-order valence-electron chi connectivity index (χ4n) is 7.24. The van der Waals surface area contributed by atoms with Crippen molar-refractivity contribution in [3.05, 3.63) is 46.5 Å². The lowest BCUT2D eigenvalue weighted by Crippen LogP contribution is -2.46. The second-order valence-electron chi connectivity index (χ2n) is 12.4. The lowest BCUT2D eigenvalue weighted by Gasteiger charge is -2.57. The number of aromatic amines is 1. The van der Waals surface area contributed by atoms with Crippen molar-refractivity contribution in [2.75, 3.05) is 5.32 Å². The van der Waals surface area contributed by atoms with Crippen molar-refractivity contribution >= 4 is 17.6 Å². The van der Waals surface area contributed by atoms with E-state index in [1.165, 1.54) is 44.6 Å². The third-order valence-corrected chi connectivity index (χ3v) is 8.50. The molecule has 0 unspecified atom stereocenters. The Kier molecular flexibility index (Phi) is 5.61. The van der Waals surface area contributed by atoms with E-state index in [0.717, 1.165) is 42.1 Å². The number of anilines is 1. The van der Waals surface area contributed by atoms with E-state index < -0.39 is 5.97 Å². The number of carboxylic acid groups (broad SMARTS) is 1. The van der Waals surface area contributed by atoms with E-state index in [0.29, 0.717) is 22.4 Å². The van der Waals surface area contributed by atoms with Crippen LogP contribution in [-0.4, -0.2) is 27.0 Å². The van der Waals surface area contributed by atoms with Crippen molar-refractivity contribution in [2.45, 2.75) is 84.5 Å². The molecule has 3 N–H and O–H groups in total. The molecule has 0 atom stereocenters. The van der Waals surface area contributed by atoms with Gasteiger partial charge in [0.05, 0.1) is 5.56 Å². The summed E-state index contributed by atoms with van der Waals surface area (Å²) in [6, 6.07) is 4.98. The van der Waals surface area contributed by atoms with E-state index >= 15 is 0 Å². The number of carbonyl (C=O) groups is 2. The van der Waals surface area contributed by atoms with Gasteiger partial charge in [-0.25, -0.2) is 9.78 Å². The van der Waals surface area contributed by atoms with Gasteiger partial charge in [0.25, 0.3) is 5.91 Å². The van der Waals surface area contributed by atoms with Gasteiger partial charge < -0.3 is 15.4 Å². The average Bonchev–Trinajstić information content (AvgIpc) is 3.18. The first-order valence-electron chi connectivity index (χ1n) is 12.8. The van der Waals surface area contributed by atoms with Crippen LogP contribution in [0.2, 0.25) is 0 Å². The highest BCUT2D eigenvalue weighted by molar-refractivity contribution is 6.04. The zero-order valence-electron chi connectivity index (χ0n) is 20.8. The smallest absolute Gasteiger partial charge is 0.336 e. The Labute approximate surface area is 202 Å². The van der Waals surface area contributed by atoms with Crippen molar-refractivity contribution in [3.8, 4) is 0 Å². The summed E-state index contributed by atoms with van der Waals surface area (Å²) >= 11 is 0. The number of nitrogens with one attached hydrogen (secondary N) is 2. The first-order valence-corrected chi connectivity index (χ1v) is 12.8. The Morgan fingerprint density at radius 3 is 2.29 bits per heavy atom. The number of amides is 1. The molecule has 0 aliphatic heterocycles. The number of aromatic nitrogens is 2. The first kappa shape index (κ1) is 23.1. The van der Waals surface area contributed by atoms with E-state index in [-0.39, 0.29) is 16.9 Å². The molecule has 4 fully saturated rings. The lowest BCUT2D eigenvalue weighted by atomic mass is 9.48. The molecule has 1 aromatic carbocycles. The van der Waals surface area contributed by atoms with E-state index in [9.17, 15) is 14.7 Å². The molecular formula is C28H37N3O3. The molecule has 6 rings (SSSR count). The summed E-state index contributed by atoms with van der Waals surface area (Å²) in [6.45, 7) is 8.03. The number of aromatic carboxylic acids is 1. The molecule has 1 aromatic heterocycles. The highest BCUT2D eigenvalue weighted by atomic mass is 16.4. The van der Waals surface area contributed by atoms with E-state index in [1.54, 1.807) is 19.1 Å². The van der Waals surface area contributed by atoms with Gasteiger partial charge in [-0.1, -0.05) is 26.8 Å². The molecule has 0 radical (unpaired) electrons. The van der Waals surface area contributed by atoms with Crippen LogP contribution in [0.1, 0.15) is 104 Å². The predicted octanol–water partition coefficient (Wildman–Crippen LogP) is 6.12. The number of hydrogen-bond donors (Lipinski definition) is 3. The van der Waals surface area contributed by atoms with Gasteiger partial charge >= 0.3 is 5.97 Å². The Bertz CT molecular complexity index is 1090. The molecule has 0 spiro atoms. The molecule has 2 aromatic rings. The molecule has 0 saturated heterocycles. The highest BCUT2D eigenvalue weighted by Crippen LogP contribution is 2.61. The van der Waals surface area contributed by atoms with Gasteiger partial charge in [-0.05, 0) is 99.2 Å². The lowest BCUT2D eigenvalue weighted by molar-refractivity contribution is -0.0570. The minimum atomic E-state index is -1.00. The maximum absolute atomic E-state index is 13.3. The number of benzene rings is 1. The van der Waals surface area contributed by atoms with E-state index in [2.05, 4.69) is 31.1 Å². The number of hydrogen-bond acceptors (Lipinski definition) is 3. The maximum atomic E-state index is 13.3. The van der Waals surface area contributed by atoms with Gasteiger partial charge in [0.15, 0.2) is 0 Å². The summed E-state index contributed by atoms with van der Waals surface area (Å²) in [7, 11) is 0. The van der Waals surface area contributed by atoms with Crippen LogP contribution in [0.4, 0.5) is 5.69 Å². The summed E-state index contributed by atoms with van der Waals surface area (Å²) in [5.74, 6) is 2.25. The van der Waals surface area contributed by atoms with Gasteiger partial charge in [0, 0.05) is 16.8 Å². The third kappa shape index (κ3) is 4.39. The summed E-state index contributed by atoms with van der Waals surface area (Å²) in [5.41, 5.74) is 2.90. The van der Waals surface area contributed by atoms with Crippen LogP contribution in [0.25, 0.3) is 0 Å². The summed E-state index contributed by atoms with van der Waals surface area (Å²) in [4.78, 5) is 33.1. The number of H-pyrrole nitrogens is 1. The van der Waals surface area contributed by atoms with Gasteiger partial charge in [-0.3, -0.25) is 4.79 Å². The third-order valence-electron chi connectivity index (χ3n) is 8.50. The predicted molar refractivity (Wildman–Crippen MR) is 132 cm³/mol. The van der Waals surface area contributed by atoms with Gasteiger partial charge in [-0.15, -0.1) is 0 Å². The Hall–Kier alpha value is -2.63. The molecule has 1 heterocycles. The van der Waals surface area contributed by atoms with Gasteiger partial charge in [0.2, 0.25) is 0 Å². The number of aryl methyl sites for hydroxylation is 2. The maximum Gasteiger partial charge on any atom is 0.336 e. The molecule has 6 heteroatoms. The average molecular weight is 464 g/mol. The number of imidazole rings is 1. The number of carbonyl (C=O) groups excluding carboxylic acids is 1. The second kappa shape index (κ2) is 8.24. The fraction of sp³-hybridized carbons (Fsp3) is 0.607. The van der Waals surface area contributed by atoms with Crippen LogP contribution in [0.5, 0.6) is 0 Å². The van der Waals surface area contributed by atoms with Crippen LogP contribution < -0.4 is 5.32 Å². The van der Waals surface area contributed by atoms with E-state index in [4.69, 9.17) is 4.98 Å². The quantitative estimate of drug-likeness (QED) is 0.481.